The average Bonchev–Trinajstić information content (AvgIpc) is 3.12. The topological polar surface area (TPSA) is 47.7 Å². The predicted molar refractivity (Wildman–Crippen MR) is 83.5 cm³/mol. The monoisotopic (exact) mass is 281 g/mol. The maximum absolute atomic E-state index is 4.43. The minimum atomic E-state index is 0.713. The number of rotatable bonds is 5. The Labute approximate surface area is 124 Å². The fraction of sp³-hybridized carbons (Fsp3) is 0.250. The zero-order valence-electron chi connectivity index (χ0n) is 12.3. The fourth-order valence-electron chi connectivity index (χ4n) is 2.37. The van der Waals surface area contributed by atoms with Crippen molar-refractivity contribution in [1.29, 1.82) is 0 Å². The third kappa shape index (κ3) is 2.81. The van der Waals surface area contributed by atoms with Crippen LogP contribution in [0.25, 0.3) is 5.69 Å². The summed E-state index contributed by atoms with van der Waals surface area (Å²) in [6.45, 7) is 5.68. The molecule has 1 aromatic carbocycles. The summed E-state index contributed by atoms with van der Waals surface area (Å²) in [6, 6.07) is 10.3. The second-order valence-electron chi connectivity index (χ2n) is 4.91. The maximum Gasteiger partial charge on any atom is 0.110 e. The van der Waals surface area contributed by atoms with Crippen molar-refractivity contribution in [1.82, 2.24) is 19.3 Å². The van der Waals surface area contributed by atoms with Gasteiger partial charge in [-0.05, 0) is 26.0 Å². The summed E-state index contributed by atoms with van der Waals surface area (Å²) in [5.74, 6) is 0.988. The normalized spacial score (nSPS) is 10.8. The molecule has 0 spiro atoms. The molecule has 5 heteroatoms. The van der Waals surface area contributed by atoms with Crippen molar-refractivity contribution < 1.29 is 0 Å². The molecule has 0 saturated carbocycles. The van der Waals surface area contributed by atoms with Crippen LogP contribution >= 0.6 is 0 Å². The molecular formula is C16H19N5. The number of benzene rings is 1. The highest BCUT2D eigenvalue weighted by atomic mass is 15.3. The Bertz CT molecular complexity index is 711. The number of hydrogen-bond acceptors (Lipinski definition) is 3. The zero-order chi connectivity index (χ0) is 14.7. The van der Waals surface area contributed by atoms with Crippen LogP contribution in [0.5, 0.6) is 0 Å². The zero-order valence-corrected chi connectivity index (χ0v) is 12.3. The Morgan fingerprint density at radius 3 is 2.67 bits per heavy atom. The fourth-order valence-corrected chi connectivity index (χ4v) is 2.37. The van der Waals surface area contributed by atoms with Crippen LogP contribution in [0.4, 0.5) is 5.69 Å². The first-order valence-electron chi connectivity index (χ1n) is 7.13. The van der Waals surface area contributed by atoms with Crippen LogP contribution in [0.15, 0.2) is 48.9 Å². The van der Waals surface area contributed by atoms with Gasteiger partial charge in [0.2, 0.25) is 0 Å². The van der Waals surface area contributed by atoms with E-state index < -0.39 is 0 Å². The first-order valence-corrected chi connectivity index (χ1v) is 7.13. The van der Waals surface area contributed by atoms with Crippen LogP contribution in [0.2, 0.25) is 0 Å². The molecule has 0 atom stereocenters. The average molecular weight is 281 g/mol. The van der Waals surface area contributed by atoms with Gasteiger partial charge in [-0.2, -0.15) is 5.10 Å². The lowest BCUT2D eigenvalue weighted by molar-refractivity contribution is 0.660. The van der Waals surface area contributed by atoms with Crippen molar-refractivity contribution in [3.05, 3.63) is 60.4 Å². The van der Waals surface area contributed by atoms with E-state index in [0.29, 0.717) is 6.54 Å². The maximum atomic E-state index is 4.43. The van der Waals surface area contributed by atoms with E-state index in [2.05, 4.69) is 39.0 Å². The van der Waals surface area contributed by atoms with E-state index in [0.717, 1.165) is 29.4 Å². The molecule has 2 heterocycles. The summed E-state index contributed by atoms with van der Waals surface area (Å²) in [7, 11) is 0. The van der Waals surface area contributed by atoms with E-state index >= 15 is 0 Å². The lowest BCUT2D eigenvalue weighted by Crippen LogP contribution is -2.07. The second kappa shape index (κ2) is 5.83. The van der Waals surface area contributed by atoms with Gasteiger partial charge in [0.25, 0.3) is 0 Å². The van der Waals surface area contributed by atoms with Crippen molar-refractivity contribution in [2.45, 2.75) is 26.9 Å². The Morgan fingerprint density at radius 2 is 1.95 bits per heavy atom. The van der Waals surface area contributed by atoms with E-state index in [9.17, 15) is 0 Å². The van der Waals surface area contributed by atoms with Gasteiger partial charge in [0.05, 0.1) is 30.3 Å². The third-order valence-electron chi connectivity index (χ3n) is 3.46. The smallest absolute Gasteiger partial charge is 0.110 e. The molecule has 1 N–H and O–H groups in total. The van der Waals surface area contributed by atoms with Crippen molar-refractivity contribution in [2.24, 2.45) is 0 Å². The van der Waals surface area contributed by atoms with Crippen LogP contribution in [-0.4, -0.2) is 19.3 Å². The van der Waals surface area contributed by atoms with Crippen molar-refractivity contribution >= 4 is 5.69 Å². The van der Waals surface area contributed by atoms with Gasteiger partial charge < -0.3 is 5.32 Å². The number of para-hydroxylation sites is 1. The lowest BCUT2D eigenvalue weighted by atomic mass is 10.3. The lowest BCUT2D eigenvalue weighted by Gasteiger charge is -2.11. The second-order valence-corrected chi connectivity index (χ2v) is 4.91. The minimum absolute atomic E-state index is 0.713. The van der Waals surface area contributed by atoms with Crippen LogP contribution in [0.3, 0.4) is 0 Å². The van der Waals surface area contributed by atoms with E-state index in [1.165, 1.54) is 0 Å². The SMILES string of the molecule is CCn1cc(NCc2cnc(C)n2-c2ccccc2)cn1. The molecule has 0 unspecified atom stereocenters. The summed E-state index contributed by atoms with van der Waals surface area (Å²) in [5, 5.41) is 7.66. The first-order chi connectivity index (χ1) is 10.3. The molecule has 0 aliphatic heterocycles. The summed E-state index contributed by atoms with van der Waals surface area (Å²) in [5.41, 5.74) is 3.28. The van der Waals surface area contributed by atoms with Gasteiger partial charge in [0.1, 0.15) is 5.82 Å². The van der Waals surface area contributed by atoms with Crippen molar-refractivity contribution in [2.75, 3.05) is 5.32 Å². The predicted octanol–water partition coefficient (Wildman–Crippen LogP) is 3.01. The van der Waals surface area contributed by atoms with Crippen molar-refractivity contribution in [3.63, 3.8) is 0 Å². The van der Waals surface area contributed by atoms with Crippen LogP contribution in [0.1, 0.15) is 18.4 Å². The van der Waals surface area contributed by atoms with Crippen LogP contribution in [0, 0.1) is 6.92 Å². The van der Waals surface area contributed by atoms with Gasteiger partial charge in [-0.25, -0.2) is 4.98 Å². The van der Waals surface area contributed by atoms with Gasteiger partial charge >= 0.3 is 0 Å². The summed E-state index contributed by atoms with van der Waals surface area (Å²) >= 11 is 0. The van der Waals surface area contributed by atoms with E-state index in [-0.39, 0.29) is 0 Å². The van der Waals surface area contributed by atoms with Gasteiger partial charge in [-0.3, -0.25) is 9.25 Å². The highest BCUT2D eigenvalue weighted by Gasteiger charge is 2.08. The minimum Gasteiger partial charge on any atom is -0.377 e. The highest BCUT2D eigenvalue weighted by Crippen LogP contribution is 2.16. The number of nitrogens with zero attached hydrogens (tertiary/aromatic N) is 4. The van der Waals surface area contributed by atoms with Crippen molar-refractivity contribution in [3.8, 4) is 5.69 Å². The molecule has 3 rings (SSSR count). The van der Waals surface area contributed by atoms with Gasteiger partial charge in [-0.1, -0.05) is 18.2 Å². The van der Waals surface area contributed by atoms with Gasteiger partial charge in [0, 0.05) is 18.4 Å². The molecule has 3 aromatic rings. The Kier molecular flexibility index (Phi) is 3.73. The standard InChI is InChI=1S/C16H19N5/c1-3-20-12-14(9-19-20)18-11-16-10-17-13(2)21(16)15-7-5-4-6-8-15/h4-10,12,18H,3,11H2,1-2H3. The molecule has 21 heavy (non-hydrogen) atoms. The Balaban J connectivity index is 1.80. The number of aromatic nitrogens is 4. The van der Waals surface area contributed by atoms with E-state index in [1.54, 1.807) is 0 Å². The molecule has 108 valence electrons. The summed E-state index contributed by atoms with van der Waals surface area (Å²) in [4.78, 5) is 4.43. The molecule has 0 saturated heterocycles. The highest BCUT2D eigenvalue weighted by molar-refractivity contribution is 5.40. The number of hydrogen-bond donors (Lipinski definition) is 1. The molecule has 0 aliphatic carbocycles. The number of nitrogens with one attached hydrogen (secondary N) is 1. The molecule has 0 bridgehead atoms. The molecule has 0 fully saturated rings. The number of imidazole rings is 1. The Morgan fingerprint density at radius 1 is 1.14 bits per heavy atom. The number of aryl methyl sites for hydroxylation is 2. The molecule has 0 aliphatic rings. The largest absolute Gasteiger partial charge is 0.377 e. The van der Waals surface area contributed by atoms with Crippen LogP contribution < -0.4 is 5.32 Å². The third-order valence-corrected chi connectivity index (χ3v) is 3.46. The summed E-state index contributed by atoms with van der Waals surface area (Å²) < 4.78 is 4.07. The van der Waals surface area contributed by atoms with Gasteiger partial charge in [-0.15, -0.1) is 0 Å². The quantitative estimate of drug-likeness (QED) is 0.782. The number of anilines is 1. The molecule has 0 radical (unpaired) electrons. The van der Waals surface area contributed by atoms with E-state index in [4.69, 9.17) is 0 Å². The van der Waals surface area contributed by atoms with E-state index in [1.807, 2.05) is 48.4 Å². The van der Waals surface area contributed by atoms with Gasteiger partial charge in [0.15, 0.2) is 0 Å². The molecule has 5 nitrogen and oxygen atoms in total. The molecule has 2 aromatic heterocycles. The first kappa shape index (κ1) is 13.4. The summed E-state index contributed by atoms with van der Waals surface area (Å²) in [6.07, 6.45) is 5.77. The Hall–Kier alpha value is -2.56. The molecule has 0 amide bonds. The van der Waals surface area contributed by atoms with Crippen LogP contribution in [-0.2, 0) is 13.1 Å². The molecular weight excluding hydrogens is 262 g/mol.